The third-order valence-electron chi connectivity index (χ3n) is 2.94. The number of aromatic nitrogens is 3. The lowest BCUT2D eigenvalue weighted by atomic mass is 10.1. The minimum absolute atomic E-state index is 0.455. The van der Waals surface area contributed by atoms with Gasteiger partial charge in [0, 0.05) is 30.1 Å². The molecule has 2 rings (SSSR count). The van der Waals surface area contributed by atoms with Crippen LogP contribution in [0.25, 0.3) is 5.57 Å². The molecule has 0 aliphatic carbocycles. The number of anilines is 2. The predicted molar refractivity (Wildman–Crippen MR) is 82.2 cm³/mol. The Morgan fingerprint density at radius 3 is 2.90 bits per heavy atom. The van der Waals surface area contributed by atoms with Crippen LogP contribution >= 0.6 is 0 Å². The van der Waals surface area contributed by atoms with Gasteiger partial charge < -0.3 is 11.1 Å². The average molecular weight is 269 g/mol. The van der Waals surface area contributed by atoms with Crippen molar-refractivity contribution < 1.29 is 0 Å². The van der Waals surface area contributed by atoms with E-state index in [4.69, 9.17) is 5.73 Å². The van der Waals surface area contributed by atoms with Crippen LogP contribution in [0, 0.1) is 0 Å². The van der Waals surface area contributed by atoms with Crippen molar-refractivity contribution in [1.82, 2.24) is 15.0 Å². The molecule has 0 saturated heterocycles. The molecule has 0 spiro atoms. The van der Waals surface area contributed by atoms with E-state index in [2.05, 4.69) is 33.8 Å². The van der Waals surface area contributed by atoms with E-state index in [0.29, 0.717) is 11.8 Å². The molecule has 0 unspecified atom stereocenters. The fourth-order valence-electron chi connectivity index (χ4n) is 1.80. The number of unbranched alkanes of at least 4 members (excludes halogenated alkanes) is 1. The van der Waals surface area contributed by atoms with Gasteiger partial charge in [0.15, 0.2) is 0 Å². The minimum Gasteiger partial charge on any atom is -0.383 e. The first-order valence-corrected chi connectivity index (χ1v) is 6.69. The molecular formula is C15H19N5. The van der Waals surface area contributed by atoms with Gasteiger partial charge in [0.05, 0.1) is 5.69 Å². The van der Waals surface area contributed by atoms with Crippen LogP contribution in [0.3, 0.4) is 0 Å². The van der Waals surface area contributed by atoms with Gasteiger partial charge in [-0.3, -0.25) is 0 Å². The molecule has 0 saturated carbocycles. The Kier molecular flexibility index (Phi) is 4.65. The SMILES string of the molecule is C=C(c1ccnc(NCCCC)n1)c1cccnc1N. The predicted octanol–water partition coefficient (Wildman–Crippen LogP) is 2.73. The van der Waals surface area contributed by atoms with Crippen LogP contribution in [-0.4, -0.2) is 21.5 Å². The molecule has 0 aromatic carbocycles. The van der Waals surface area contributed by atoms with E-state index in [9.17, 15) is 0 Å². The second-order valence-corrected chi connectivity index (χ2v) is 4.46. The van der Waals surface area contributed by atoms with Crippen molar-refractivity contribution in [2.45, 2.75) is 19.8 Å². The zero-order valence-corrected chi connectivity index (χ0v) is 11.6. The maximum Gasteiger partial charge on any atom is 0.223 e. The summed E-state index contributed by atoms with van der Waals surface area (Å²) in [6, 6.07) is 5.54. The first-order valence-electron chi connectivity index (χ1n) is 6.69. The first kappa shape index (κ1) is 14.0. The van der Waals surface area contributed by atoms with Gasteiger partial charge in [-0.2, -0.15) is 0 Å². The van der Waals surface area contributed by atoms with Crippen molar-refractivity contribution in [3.8, 4) is 0 Å². The first-order chi connectivity index (χ1) is 9.72. The molecule has 0 bridgehead atoms. The number of hydrogen-bond donors (Lipinski definition) is 2. The Balaban J connectivity index is 2.18. The standard InChI is InChI=1S/C15H19N5/c1-3-4-8-18-15-19-10-7-13(20-15)11(2)12-6-5-9-17-14(12)16/h5-7,9-10H,2-4,8H2,1H3,(H2,16,17)(H,18,19,20). The normalized spacial score (nSPS) is 10.2. The number of nitrogen functional groups attached to an aromatic ring is 1. The summed E-state index contributed by atoms with van der Waals surface area (Å²) < 4.78 is 0. The largest absolute Gasteiger partial charge is 0.383 e. The molecule has 0 fully saturated rings. The Bertz CT molecular complexity index is 594. The highest BCUT2D eigenvalue weighted by Gasteiger charge is 2.08. The quantitative estimate of drug-likeness (QED) is 0.788. The molecule has 2 heterocycles. The highest BCUT2D eigenvalue weighted by Crippen LogP contribution is 2.23. The van der Waals surface area contributed by atoms with Gasteiger partial charge >= 0.3 is 0 Å². The molecule has 0 atom stereocenters. The Morgan fingerprint density at radius 2 is 2.15 bits per heavy atom. The van der Waals surface area contributed by atoms with E-state index in [1.54, 1.807) is 12.4 Å². The van der Waals surface area contributed by atoms with Gasteiger partial charge in [-0.15, -0.1) is 0 Å². The van der Waals surface area contributed by atoms with E-state index in [1.807, 2.05) is 18.2 Å². The molecule has 0 amide bonds. The van der Waals surface area contributed by atoms with E-state index >= 15 is 0 Å². The van der Waals surface area contributed by atoms with Crippen LogP contribution in [0.15, 0.2) is 37.2 Å². The van der Waals surface area contributed by atoms with Gasteiger partial charge in [0.2, 0.25) is 5.95 Å². The number of pyridine rings is 1. The monoisotopic (exact) mass is 269 g/mol. The van der Waals surface area contributed by atoms with Crippen molar-refractivity contribution in [3.63, 3.8) is 0 Å². The Labute approximate surface area is 119 Å². The Morgan fingerprint density at radius 1 is 1.30 bits per heavy atom. The van der Waals surface area contributed by atoms with E-state index < -0.39 is 0 Å². The molecule has 5 heteroatoms. The van der Waals surface area contributed by atoms with Crippen LogP contribution < -0.4 is 11.1 Å². The second-order valence-electron chi connectivity index (χ2n) is 4.46. The molecule has 0 radical (unpaired) electrons. The molecule has 5 nitrogen and oxygen atoms in total. The summed E-state index contributed by atoms with van der Waals surface area (Å²) in [6.45, 7) is 7.06. The lowest BCUT2D eigenvalue weighted by Crippen LogP contribution is -2.06. The van der Waals surface area contributed by atoms with E-state index in [-0.39, 0.29) is 0 Å². The smallest absolute Gasteiger partial charge is 0.223 e. The fourth-order valence-corrected chi connectivity index (χ4v) is 1.80. The summed E-state index contributed by atoms with van der Waals surface area (Å²) in [5.41, 5.74) is 8.16. The maximum absolute atomic E-state index is 5.86. The van der Waals surface area contributed by atoms with E-state index in [1.165, 1.54) is 0 Å². The van der Waals surface area contributed by atoms with E-state index in [0.717, 1.165) is 36.2 Å². The third-order valence-corrected chi connectivity index (χ3v) is 2.94. The molecule has 0 aliphatic rings. The summed E-state index contributed by atoms with van der Waals surface area (Å²) in [6.07, 6.45) is 5.59. The molecule has 2 aromatic heterocycles. The van der Waals surface area contributed by atoms with Crippen LogP contribution in [-0.2, 0) is 0 Å². The zero-order valence-electron chi connectivity index (χ0n) is 11.6. The molecule has 0 aliphatic heterocycles. The van der Waals surface area contributed by atoms with Crippen molar-refractivity contribution in [3.05, 3.63) is 48.4 Å². The minimum atomic E-state index is 0.455. The second kappa shape index (κ2) is 6.65. The summed E-state index contributed by atoms with van der Waals surface area (Å²) in [7, 11) is 0. The topological polar surface area (TPSA) is 76.7 Å². The maximum atomic E-state index is 5.86. The van der Waals surface area contributed by atoms with Crippen molar-refractivity contribution >= 4 is 17.3 Å². The summed E-state index contributed by atoms with van der Waals surface area (Å²) in [5, 5.41) is 3.20. The Hall–Kier alpha value is -2.43. The highest BCUT2D eigenvalue weighted by molar-refractivity contribution is 5.81. The molecule has 3 N–H and O–H groups in total. The lowest BCUT2D eigenvalue weighted by Gasteiger charge is -2.09. The lowest BCUT2D eigenvalue weighted by molar-refractivity contribution is 0.826. The van der Waals surface area contributed by atoms with Crippen LogP contribution in [0.2, 0.25) is 0 Å². The zero-order chi connectivity index (χ0) is 14.4. The average Bonchev–Trinajstić information content (AvgIpc) is 2.48. The number of rotatable bonds is 6. The highest BCUT2D eigenvalue weighted by atomic mass is 15.1. The number of nitrogens with zero attached hydrogens (tertiary/aromatic N) is 3. The van der Waals surface area contributed by atoms with Crippen molar-refractivity contribution in [2.24, 2.45) is 0 Å². The summed E-state index contributed by atoms with van der Waals surface area (Å²) >= 11 is 0. The van der Waals surface area contributed by atoms with Crippen LogP contribution in [0.1, 0.15) is 31.0 Å². The van der Waals surface area contributed by atoms with Gasteiger partial charge in [0.1, 0.15) is 5.82 Å². The molecule has 20 heavy (non-hydrogen) atoms. The van der Waals surface area contributed by atoms with Crippen LogP contribution in [0.4, 0.5) is 11.8 Å². The molecule has 2 aromatic rings. The third kappa shape index (κ3) is 3.32. The fraction of sp³-hybridized carbons (Fsp3) is 0.267. The number of nitrogens with two attached hydrogens (primary N) is 1. The van der Waals surface area contributed by atoms with Crippen LogP contribution in [0.5, 0.6) is 0 Å². The number of nitrogens with one attached hydrogen (secondary N) is 1. The van der Waals surface area contributed by atoms with Gasteiger partial charge in [-0.1, -0.05) is 19.9 Å². The summed E-state index contributed by atoms with van der Waals surface area (Å²) in [5.74, 6) is 1.07. The van der Waals surface area contributed by atoms with Gasteiger partial charge in [0.25, 0.3) is 0 Å². The molecule has 104 valence electrons. The number of hydrogen-bond acceptors (Lipinski definition) is 5. The van der Waals surface area contributed by atoms with Crippen molar-refractivity contribution in [2.75, 3.05) is 17.6 Å². The van der Waals surface area contributed by atoms with Gasteiger partial charge in [-0.25, -0.2) is 15.0 Å². The summed E-state index contributed by atoms with van der Waals surface area (Å²) in [4.78, 5) is 12.7. The van der Waals surface area contributed by atoms with Crippen molar-refractivity contribution in [1.29, 1.82) is 0 Å². The van der Waals surface area contributed by atoms with Gasteiger partial charge in [-0.05, 0) is 24.6 Å². The molecular weight excluding hydrogens is 250 g/mol.